The highest BCUT2D eigenvalue weighted by Crippen LogP contribution is 2.15. The summed E-state index contributed by atoms with van der Waals surface area (Å²) in [4.78, 5) is 10.2. The Hall–Kier alpha value is -0.530. The van der Waals surface area contributed by atoms with E-state index in [9.17, 15) is 4.79 Å². The molecule has 1 atom stereocenters. The predicted molar refractivity (Wildman–Crippen MR) is 54.8 cm³/mol. The molecule has 0 aromatic rings. The van der Waals surface area contributed by atoms with Crippen molar-refractivity contribution in [1.82, 2.24) is 0 Å². The first kappa shape index (κ1) is 12.5. The van der Waals surface area contributed by atoms with Crippen LogP contribution in [-0.4, -0.2) is 11.1 Å². The van der Waals surface area contributed by atoms with Crippen LogP contribution in [0.25, 0.3) is 0 Å². The van der Waals surface area contributed by atoms with Gasteiger partial charge in [-0.3, -0.25) is 4.79 Å². The molecule has 13 heavy (non-hydrogen) atoms. The van der Waals surface area contributed by atoms with E-state index in [4.69, 9.17) is 5.11 Å². The van der Waals surface area contributed by atoms with Crippen molar-refractivity contribution in [1.29, 1.82) is 0 Å². The summed E-state index contributed by atoms with van der Waals surface area (Å²) >= 11 is 0. The van der Waals surface area contributed by atoms with E-state index in [1.165, 1.54) is 25.7 Å². The van der Waals surface area contributed by atoms with E-state index < -0.39 is 5.97 Å². The van der Waals surface area contributed by atoms with Crippen LogP contribution in [0.4, 0.5) is 0 Å². The van der Waals surface area contributed by atoms with Crippen molar-refractivity contribution in [2.24, 2.45) is 5.92 Å². The normalized spacial score (nSPS) is 12.8. The average Bonchev–Trinajstić information content (AvgIpc) is 2.08. The molecule has 0 aliphatic carbocycles. The van der Waals surface area contributed by atoms with Gasteiger partial charge in [-0.2, -0.15) is 0 Å². The number of hydrogen-bond donors (Lipinski definition) is 1. The molecule has 2 heteroatoms. The van der Waals surface area contributed by atoms with E-state index in [2.05, 4.69) is 13.8 Å². The smallest absolute Gasteiger partial charge is 0.303 e. The molecule has 0 unspecified atom stereocenters. The quantitative estimate of drug-likeness (QED) is 0.589. The van der Waals surface area contributed by atoms with Crippen molar-refractivity contribution in [3.8, 4) is 0 Å². The zero-order valence-electron chi connectivity index (χ0n) is 8.88. The number of unbranched alkanes of at least 4 members (excludes halogenated alkanes) is 2. The SMILES string of the molecule is CCCC[C@@H](C)CCCCC(=O)O. The van der Waals surface area contributed by atoms with Crippen LogP contribution in [0, 0.1) is 5.92 Å². The van der Waals surface area contributed by atoms with Gasteiger partial charge in [0.15, 0.2) is 0 Å². The zero-order chi connectivity index (χ0) is 10.1. The molecule has 0 rings (SSSR count). The molecule has 0 saturated carbocycles. The van der Waals surface area contributed by atoms with Gasteiger partial charge in [-0.15, -0.1) is 0 Å². The number of carboxylic acid groups (broad SMARTS) is 1. The first-order valence-electron chi connectivity index (χ1n) is 5.38. The van der Waals surface area contributed by atoms with Gasteiger partial charge < -0.3 is 5.11 Å². The van der Waals surface area contributed by atoms with Gasteiger partial charge in [-0.25, -0.2) is 0 Å². The molecule has 0 aliphatic rings. The topological polar surface area (TPSA) is 37.3 Å². The van der Waals surface area contributed by atoms with Gasteiger partial charge in [0.25, 0.3) is 0 Å². The van der Waals surface area contributed by atoms with Crippen LogP contribution < -0.4 is 0 Å². The largest absolute Gasteiger partial charge is 0.481 e. The molecule has 0 heterocycles. The Morgan fingerprint density at radius 1 is 1.23 bits per heavy atom. The number of aliphatic carboxylic acids is 1. The van der Waals surface area contributed by atoms with E-state index >= 15 is 0 Å². The second kappa shape index (κ2) is 8.09. The van der Waals surface area contributed by atoms with Crippen molar-refractivity contribution in [3.05, 3.63) is 0 Å². The molecule has 0 aromatic heterocycles. The fraction of sp³-hybridized carbons (Fsp3) is 0.909. The van der Waals surface area contributed by atoms with E-state index in [1.807, 2.05) is 0 Å². The van der Waals surface area contributed by atoms with Crippen molar-refractivity contribution in [3.63, 3.8) is 0 Å². The van der Waals surface area contributed by atoms with Gasteiger partial charge in [-0.1, -0.05) is 46.0 Å². The highest BCUT2D eigenvalue weighted by atomic mass is 16.4. The minimum atomic E-state index is -0.666. The first-order chi connectivity index (χ1) is 6.16. The summed E-state index contributed by atoms with van der Waals surface area (Å²) in [6, 6.07) is 0. The molecule has 0 amide bonds. The lowest BCUT2D eigenvalue weighted by Crippen LogP contribution is -1.97. The first-order valence-corrected chi connectivity index (χ1v) is 5.38. The van der Waals surface area contributed by atoms with Gasteiger partial charge in [-0.05, 0) is 12.3 Å². The highest BCUT2D eigenvalue weighted by Gasteiger charge is 2.02. The Morgan fingerprint density at radius 3 is 2.38 bits per heavy atom. The lowest BCUT2D eigenvalue weighted by Gasteiger charge is -2.09. The summed E-state index contributed by atoms with van der Waals surface area (Å²) in [7, 11) is 0. The maximum atomic E-state index is 10.2. The molecule has 0 bridgehead atoms. The van der Waals surface area contributed by atoms with E-state index in [1.54, 1.807) is 0 Å². The van der Waals surface area contributed by atoms with Crippen LogP contribution in [-0.2, 0) is 4.79 Å². The maximum absolute atomic E-state index is 10.2. The Balaban J connectivity index is 3.16. The van der Waals surface area contributed by atoms with Gasteiger partial charge in [0.1, 0.15) is 0 Å². The fourth-order valence-electron chi connectivity index (χ4n) is 1.47. The summed E-state index contributed by atoms with van der Waals surface area (Å²) in [5, 5.41) is 8.42. The zero-order valence-corrected chi connectivity index (χ0v) is 8.88. The van der Waals surface area contributed by atoms with E-state index in [0.717, 1.165) is 18.8 Å². The summed E-state index contributed by atoms with van der Waals surface area (Å²) in [5.74, 6) is 0.106. The third-order valence-electron chi connectivity index (χ3n) is 2.39. The molecule has 78 valence electrons. The van der Waals surface area contributed by atoms with E-state index in [0.29, 0.717) is 6.42 Å². The van der Waals surface area contributed by atoms with Crippen LogP contribution >= 0.6 is 0 Å². The minimum absolute atomic E-state index is 0.334. The lowest BCUT2D eigenvalue weighted by molar-refractivity contribution is -0.137. The van der Waals surface area contributed by atoms with Gasteiger partial charge >= 0.3 is 5.97 Å². The summed E-state index contributed by atoms with van der Waals surface area (Å²) in [6.45, 7) is 4.47. The van der Waals surface area contributed by atoms with Crippen LogP contribution in [0.1, 0.15) is 58.8 Å². The van der Waals surface area contributed by atoms with Gasteiger partial charge in [0.2, 0.25) is 0 Å². The molecule has 0 radical (unpaired) electrons. The number of hydrogen-bond acceptors (Lipinski definition) is 1. The molecule has 0 aromatic carbocycles. The van der Waals surface area contributed by atoms with E-state index in [-0.39, 0.29) is 0 Å². The summed E-state index contributed by atoms with van der Waals surface area (Å²) in [5.41, 5.74) is 0. The third kappa shape index (κ3) is 9.38. The molecule has 0 spiro atoms. The maximum Gasteiger partial charge on any atom is 0.303 e. The molecular weight excluding hydrogens is 164 g/mol. The third-order valence-corrected chi connectivity index (χ3v) is 2.39. The van der Waals surface area contributed by atoms with Crippen molar-refractivity contribution < 1.29 is 9.90 Å². The number of carbonyl (C=O) groups is 1. The van der Waals surface area contributed by atoms with Gasteiger partial charge in [0.05, 0.1) is 0 Å². The summed E-state index contributed by atoms with van der Waals surface area (Å²) < 4.78 is 0. The summed E-state index contributed by atoms with van der Waals surface area (Å²) in [6.07, 6.45) is 7.29. The van der Waals surface area contributed by atoms with Crippen LogP contribution in [0.2, 0.25) is 0 Å². The molecular formula is C11H22O2. The van der Waals surface area contributed by atoms with Crippen molar-refractivity contribution >= 4 is 5.97 Å². The second-order valence-electron chi connectivity index (χ2n) is 3.89. The predicted octanol–water partition coefficient (Wildman–Crippen LogP) is 3.46. The molecule has 1 N–H and O–H groups in total. The fourth-order valence-corrected chi connectivity index (χ4v) is 1.47. The minimum Gasteiger partial charge on any atom is -0.481 e. The Morgan fingerprint density at radius 2 is 1.85 bits per heavy atom. The Labute approximate surface area is 81.3 Å². The van der Waals surface area contributed by atoms with Gasteiger partial charge in [0, 0.05) is 6.42 Å². The van der Waals surface area contributed by atoms with Crippen LogP contribution in [0.15, 0.2) is 0 Å². The highest BCUT2D eigenvalue weighted by molar-refractivity contribution is 5.66. The second-order valence-corrected chi connectivity index (χ2v) is 3.89. The molecule has 0 aliphatic heterocycles. The number of carboxylic acids is 1. The Kier molecular flexibility index (Phi) is 7.76. The monoisotopic (exact) mass is 186 g/mol. The average molecular weight is 186 g/mol. The molecule has 0 fully saturated rings. The Bertz CT molecular complexity index is 132. The standard InChI is InChI=1S/C11H22O2/c1-3-4-7-10(2)8-5-6-9-11(12)13/h10H,3-9H2,1-2H3,(H,12,13)/t10-/m1/s1. The lowest BCUT2D eigenvalue weighted by atomic mass is 9.97. The molecule has 2 nitrogen and oxygen atoms in total. The molecule has 0 saturated heterocycles. The van der Waals surface area contributed by atoms with Crippen molar-refractivity contribution in [2.45, 2.75) is 58.8 Å². The van der Waals surface area contributed by atoms with Crippen molar-refractivity contribution in [2.75, 3.05) is 0 Å². The van der Waals surface area contributed by atoms with Crippen LogP contribution in [0.3, 0.4) is 0 Å². The number of rotatable bonds is 8. The van der Waals surface area contributed by atoms with Crippen LogP contribution in [0.5, 0.6) is 0 Å².